The van der Waals surface area contributed by atoms with Crippen molar-refractivity contribution in [2.45, 2.75) is 25.3 Å². The van der Waals surface area contributed by atoms with Crippen LogP contribution in [0.2, 0.25) is 0 Å². The molecule has 1 aromatic rings. The van der Waals surface area contributed by atoms with E-state index in [-0.39, 0.29) is 35.6 Å². The van der Waals surface area contributed by atoms with Crippen molar-refractivity contribution in [1.82, 2.24) is 10.2 Å². The van der Waals surface area contributed by atoms with E-state index in [1.165, 1.54) is 0 Å². The first-order chi connectivity index (χ1) is 10.0. The first-order valence-electron chi connectivity index (χ1n) is 7.00. The van der Waals surface area contributed by atoms with Gasteiger partial charge in [-0.15, -0.1) is 0 Å². The number of carbonyl (C=O) groups excluding carboxylic acids is 2. The maximum absolute atomic E-state index is 13.2. The van der Waals surface area contributed by atoms with E-state index in [1.807, 2.05) is 0 Å². The topological polar surface area (TPSA) is 69.6 Å². The Morgan fingerprint density at radius 2 is 2.19 bits per heavy atom. The second-order valence-corrected chi connectivity index (χ2v) is 5.18. The van der Waals surface area contributed by atoms with Gasteiger partial charge in [0.15, 0.2) is 5.78 Å². The molecule has 2 rings (SSSR count). The summed E-state index contributed by atoms with van der Waals surface area (Å²) in [6, 6.07) is 2.94. The summed E-state index contributed by atoms with van der Waals surface area (Å²) in [6.07, 6.45) is 2.55. The molecule has 1 amide bonds. The molecule has 0 aliphatic carbocycles. The predicted octanol–water partition coefficient (Wildman–Crippen LogP) is 1.31. The molecular formula is C15H19FN2O3. The van der Waals surface area contributed by atoms with Crippen molar-refractivity contribution >= 4 is 11.7 Å². The highest BCUT2D eigenvalue weighted by atomic mass is 19.1. The van der Waals surface area contributed by atoms with E-state index in [0.717, 1.165) is 31.0 Å². The van der Waals surface area contributed by atoms with Crippen molar-refractivity contribution in [2.75, 3.05) is 20.1 Å². The van der Waals surface area contributed by atoms with Crippen LogP contribution in [-0.2, 0) is 4.79 Å². The van der Waals surface area contributed by atoms with Gasteiger partial charge in [-0.3, -0.25) is 14.5 Å². The van der Waals surface area contributed by atoms with Crippen molar-refractivity contribution in [1.29, 1.82) is 0 Å². The van der Waals surface area contributed by atoms with Gasteiger partial charge < -0.3 is 10.4 Å². The smallest absolute Gasteiger partial charge is 0.237 e. The third-order valence-corrected chi connectivity index (χ3v) is 3.77. The lowest BCUT2D eigenvalue weighted by atomic mass is 10.00. The summed E-state index contributed by atoms with van der Waals surface area (Å²) in [5.41, 5.74) is -0.0452. The van der Waals surface area contributed by atoms with Crippen molar-refractivity contribution in [3.8, 4) is 5.75 Å². The van der Waals surface area contributed by atoms with Crippen molar-refractivity contribution in [3.05, 3.63) is 29.6 Å². The minimum Gasteiger partial charge on any atom is -0.507 e. The molecule has 1 aliphatic heterocycles. The fourth-order valence-electron chi connectivity index (χ4n) is 2.65. The number of amides is 1. The lowest BCUT2D eigenvalue weighted by Crippen LogP contribution is -2.50. The number of likely N-dealkylation sites (tertiary alicyclic amines) is 1. The van der Waals surface area contributed by atoms with Crippen LogP contribution in [0.5, 0.6) is 5.75 Å². The molecule has 0 radical (unpaired) electrons. The van der Waals surface area contributed by atoms with Crippen LogP contribution in [0, 0.1) is 5.82 Å². The number of piperidine rings is 1. The van der Waals surface area contributed by atoms with E-state index in [9.17, 15) is 19.1 Å². The van der Waals surface area contributed by atoms with Crippen LogP contribution in [0.3, 0.4) is 0 Å². The zero-order valence-corrected chi connectivity index (χ0v) is 11.9. The van der Waals surface area contributed by atoms with Gasteiger partial charge in [0.2, 0.25) is 5.91 Å². The maximum Gasteiger partial charge on any atom is 0.237 e. The highest BCUT2D eigenvalue weighted by Crippen LogP contribution is 2.21. The van der Waals surface area contributed by atoms with Crippen LogP contribution in [0.4, 0.5) is 4.39 Å². The van der Waals surface area contributed by atoms with E-state index < -0.39 is 5.82 Å². The van der Waals surface area contributed by atoms with Gasteiger partial charge in [-0.1, -0.05) is 6.42 Å². The van der Waals surface area contributed by atoms with Crippen LogP contribution in [-0.4, -0.2) is 47.9 Å². The Morgan fingerprint density at radius 1 is 1.43 bits per heavy atom. The Morgan fingerprint density at radius 3 is 2.90 bits per heavy atom. The number of carbonyl (C=O) groups is 2. The lowest BCUT2D eigenvalue weighted by molar-refractivity contribution is -0.126. The van der Waals surface area contributed by atoms with Gasteiger partial charge in [-0.05, 0) is 37.6 Å². The molecule has 1 atom stereocenters. The third kappa shape index (κ3) is 3.58. The molecule has 1 aliphatic rings. The summed E-state index contributed by atoms with van der Waals surface area (Å²) in [5.74, 6) is -1.32. The number of nitrogens with one attached hydrogen (secondary N) is 1. The van der Waals surface area contributed by atoms with E-state index in [0.29, 0.717) is 13.0 Å². The monoisotopic (exact) mass is 294 g/mol. The molecule has 1 fully saturated rings. The number of nitrogens with zero attached hydrogens (tertiary/aromatic N) is 1. The highest BCUT2D eigenvalue weighted by molar-refractivity contribution is 6.00. The Labute approximate surface area is 122 Å². The fraction of sp³-hybridized carbons (Fsp3) is 0.467. The average molecular weight is 294 g/mol. The average Bonchev–Trinajstić information content (AvgIpc) is 2.49. The Balaban J connectivity index is 2.13. The minimum absolute atomic E-state index is 0.00486. The number of aromatic hydroxyl groups is 1. The van der Waals surface area contributed by atoms with E-state index in [2.05, 4.69) is 5.32 Å². The van der Waals surface area contributed by atoms with Gasteiger partial charge in [0.25, 0.3) is 0 Å². The molecule has 1 aromatic carbocycles. The van der Waals surface area contributed by atoms with Crippen LogP contribution >= 0.6 is 0 Å². The van der Waals surface area contributed by atoms with Crippen molar-refractivity contribution in [2.24, 2.45) is 0 Å². The number of phenolic OH excluding ortho intramolecular Hbond substituents is 1. The van der Waals surface area contributed by atoms with E-state index in [4.69, 9.17) is 0 Å². The third-order valence-electron chi connectivity index (χ3n) is 3.77. The van der Waals surface area contributed by atoms with Crippen LogP contribution < -0.4 is 5.32 Å². The number of likely N-dealkylation sites (N-methyl/N-ethyl adjacent to an activating group) is 1. The number of phenols is 1. The van der Waals surface area contributed by atoms with Gasteiger partial charge in [-0.25, -0.2) is 4.39 Å². The number of Topliss-reactive ketones (excluding diaryl/α,β-unsaturated/α-hetero) is 1. The summed E-state index contributed by atoms with van der Waals surface area (Å²) in [5, 5.41) is 12.3. The second-order valence-electron chi connectivity index (χ2n) is 5.18. The number of ketones is 1. The van der Waals surface area contributed by atoms with Crippen molar-refractivity contribution in [3.63, 3.8) is 0 Å². The molecule has 1 heterocycles. The number of rotatable bonds is 4. The molecule has 114 valence electrons. The van der Waals surface area contributed by atoms with Crippen molar-refractivity contribution < 1.29 is 19.1 Å². The van der Waals surface area contributed by atoms with Gasteiger partial charge in [0.1, 0.15) is 11.6 Å². The summed E-state index contributed by atoms with van der Waals surface area (Å²) < 4.78 is 13.2. The van der Waals surface area contributed by atoms with Crippen LogP contribution in [0.15, 0.2) is 18.2 Å². The number of hydrogen-bond donors (Lipinski definition) is 2. The Hall–Kier alpha value is -1.95. The Kier molecular flexibility index (Phi) is 4.90. The van der Waals surface area contributed by atoms with Crippen LogP contribution in [0.25, 0.3) is 0 Å². The zero-order valence-electron chi connectivity index (χ0n) is 11.9. The SMILES string of the molecule is CNC(=O)C1CCCCN1CC(=O)c1cc(F)ccc1O. The summed E-state index contributed by atoms with van der Waals surface area (Å²) in [6.45, 7) is 0.634. The van der Waals surface area contributed by atoms with Gasteiger partial charge >= 0.3 is 0 Å². The first kappa shape index (κ1) is 15.4. The second kappa shape index (κ2) is 6.67. The largest absolute Gasteiger partial charge is 0.507 e. The lowest BCUT2D eigenvalue weighted by Gasteiger charge is -2.33. The summed E-state index contributed by atoms with van der Waals surface area (Å²) in [4.78, 5) is 25.9. The minimum atomic E-state index is -0.572. The molecule has 0 aromatic heterocycles. The standard InChI is InChI=1S/C15H19FN2O3/c1-17-15(21)12-4-2-3-7-18(12)9-14(20)11-8-10(16)5-6-13(11)19/h5-6,8,12,19H,2-4,7,9H2,1H3,(H,17,21). The highest BCUT2D eigenvalue weighted by Gasteiger charge is 2.30. The van der Waals surface area contributed by atoms with Gasteiger partial charge in [0.05, 0.1) is 18.2 Å². The molecule has 21 heavy (non-hydrogen) atoms. The quantitative estimate of drug-likeness (QED) is 0.822. The Bertz CT molecular complexity index is 548. The van der Waals surface area contributed by atoms with Crippen LogP contribution in [0.1, 0.15) is 29.6 Å². The van der Waals surface area contributed by atoms with Gasteiger partial charge in [-0.2, -0.15) is 0 Å². The molecule has 2 N–H and O–H groups in total. The molecule has 1 unspecified atom stereocenters. The summed E-state index contributed by atoms with van der Waals surface area (Å²) in [7, 11) is 1.56. The molecule has 0 saturated carbocycles. The fourth-order valence-corrected chi connectivity index (χ4v) is 2.65. The number of halogens is 1. The maximum atomic E-state index is 13.2. The van der Waals surface area contributed by atoms with Gasteiger partial charge in [0, 0.05) is 7.05 Å². The molecule has 1 saturated heterocycles. The predicted molar refractivity (Wildman–Crippen MR) is 75.7 cm³/mol. The zero-order chi connectivity index (χ0) is 15.4. The van der Waals surface area contributed by atoms with E-state index in [1.54, 1.807) is 11.9 Å². The molecule has 5 nitrogen and oxygen atoms in total. The normalized spacial score (nSPS) is 19.2. The molecular weight excluding hydrogens is 275 g/mol. The summed E-state index contributed by atoms with van der Waals surface area (Å²) >= 11 is 0. The molecule has 0 spiro atoms. The first-order valence-corrected chi connectivity index (χ1v) is 7.00. The number of hydrogen-bond acceptors (Lipinski definition) is 4. The van der Waals surface area contributed by atoms with E-state index >= 15 is 0 Å². The molecule has 0 bridgehead atoms. The number of benzene rings is 1. The molecule has 6 heteroatoms.